The molecule has 1 heterocycles. The zero-order valence-corrected chi connectivity index (χ0v) is 14.7. The van der Waals surface area contributed by atoms with Gasteiger partial charge in [0.1, 0.15) is 18.1 Å². The van der Waals surface area contributed by atoms with E-state index in [2.05, 4.69) is 31.3 Å². The van der Waals surface area contributed by atoms with Crippen LogP contribution in [-0.2, 0) is 27.4 Å². The molecule has 1 fully saturated rings. The number of furan rings is 1. The highest BCUT2D eigenvalue weighted by atomic mass is 16.6. The van der Waals surface area contributed by atoms with Gasteiger partial charge < -0.3 is 14.0 Å². The van der Waals surface area contributed by atoms with E-state index in [1.54, 1.807) is 13.2 Å². The van der Waals surface area contributed by atoms with Crippen LogP contribution in [0.5, 0.6) is 0 Å². The van der Waals surface area contributed by atoms with Crippen molar-refractivity contribution in [2.24, 2.45) is 17.3 Å². The van der Waals surface area contributed by atoms with E-state index in [1.165, 1.54) is 0 Å². The molecule has 130 valence electrons. The molecule has 1 aliphatic rings. The Hall–Kier alpha value is -2.03. The summed E-state index contributed by atoms with van der Waals surface area (Å²) in [5, 5.41) is 0. The van der Waals surface area contributed by atoms with Crippen LogP contribution in [0.1, 0.15) is 32.3 Å². The number of esters is 1. The molecule has 1 N–H and O–H groups in total. The van der Waals surface area contributed by atoms with E-state index in [1.807, 2.05) is 13.0 Å². The number of nitrogens with one attached hydrogen (secondary N) is 1. The summed E-state index contributed by atoms with van der Waals surface area (Å²) in [4.78, 5) is 17.2. The Morgan fingerprint density at radius 1 is 1.46 bits per heavy atom. The summed E-state index contributed by atoms with van der Waals surface area (Å²) in [6.45, 7) is 6.94. The Balaban J connectivity index is 1.88. The van der Waals surface area contributed by atoms with Crippen LogP contribution < -0.4 is 5.48 Å². The molecular formula is C19H25NO4. The quantitative estimate of drug-likeness (QED) is 0.343. The second-order valence-electron chi connectivity index (χ2n) is 6.72. The van der Waals surface area contributed by atoms with Crippen molar-refractivity contribution in [1.82, 2.24) is 5.48 Å². The molecule has 0 spiro atoms. The molecule has 5 nitrogen and oxygen atoms in total. The van der Waals surface area contributed by atoms with Crippen molar-refractivity contribution in [3.63, 3.8) is 0 Å². The summed E-state index contributed by atoms with van der Waals surface area (Å²) in [6, 6.07) is 3.59. The summed E-state index contributed by atoms with van der Waals surface area (Å²) in [7, 11) is 1.58. The van der Waals surface area contributed by atoms with Crippen LogP contribution in [0.15, 0.2) is 28.2 Å². The van der Waals surface area contributed by atoms with Crippen LogP contribution in [0.3, 0.4) is 0 Å². The molecule has 0 saturated heterocycles. The van der Waals surface area contributed by atoms with Crippen molar-refractivity contribution in [2.75, 3.05) is 13.7 Å². The van der Waals surface area contributed by atoms with Crippen LogP contribution in [0, 0.1) is 29.6 Å². The molecular weight excluding hydrogens is 306 g/mol. The zero-order chi connectivity index (χ0) is 17.7. The molecule has 2 unspecified atom stereocenters. The molecule has 1 aliphatic carbocycles. The summed E-state index contributed by atoms with van der Waals surface area (Å²) < 4.78 is 10.9. The van der Waals surface area contributed by atoms with Gasteiger partial charge in [0.15, 0.2) is 0 Å². The molecule has 0 bridgehead atoms. The lowest BCUT2D eigenvalue weighted by Gasteiger charge is -2.03. The number of ether oxygens (including phenoxy) is 1. The number of rotatable bonds is 8. The fourth-order valence-electron chi connectivity index (χ4n) is 2.92. The predicted molar refractivity (Wildman–Crippen MR) is 90.6 cm³/mol. The number of carbonyl (C=O) groups excluding carboxylic acids is 1. The normalized spacial score (nSPS) is 22.0. The van der Waals surface area contributed by atoms with Gasteiger partial charge in [0.2, 0.25) is 0 Å². The van der Waals surface area contributed by atoms with E-state index in [0.717, 1.165) is 5.57 Å². The smallest absolute Gasteiger partial charge is 0.310 e. The van der Waals surface area contributed by atoms with Crippen molar-refractivity contribution in [3.8, 4) is 12.3 Å². The predicted octanol–water partition coefficient (Wildman–Crippen LogP) is 2.87. The maximum atomic E-state index is 12.4. The molecule has 1 aromatic rings. The number of terminal acetylenes is 1. The Bertz CT molecular complexity index is 651. The zero-order valence-electron chi connectivity index (χ0n) is 14.7. The van der Waals surface area contributed by atoms with Gasteiger partial charge in [-0.1, -0.05) is 31.4 Å². The number of allylic oxidation sites excluding steroid dienone is 1. The number of hydroxylamine groups is 1. The first-order chi connectivity index (χ1) is 11.4. The van der Waals surface area contributed by atoms with Gasteiger partial charge >= 0.3 is 5.97 Å². The first kappa shape index (κ1) is 18.3. The van der Waals surface area contributed by atoms with E-state index in [9.17, 15) is 4.79 Å². The highest BCUT2D eigenvalue weighted by molar-refractivity contribution is 5.78. The maximum Gasteiger partial charge on any atom is 0.310 e. The van der Waals surface area contributed by atoms with Crippen LogP contribution in [0.25, 0.3) is 0 Å². The lowest BCUT2D eigenvalue weighted by atomic mass is 10.1. The first-order valence-electron chi connectivity index (χ1n) is 8.01. The van der Waals surface area contributed by atoms with Gasteiger partial charge in [-0.3, -0.25) is 4.79 Å². The highest BCUT2D eigenvalue weighted by Gasteiger charge is 2.61. The molecule has 1 aromatic heterocycles. The number of carbonyl (C=O) groups is 1. The van der Waals surface area contributed by atoms with Gasteiger partial charge in [0, 0.05) is 6.54 Å². The van der Waals surface area contributed by atoms with Gasteiger partial charge in [0.25, 0.3) is 0 Å². The van der Waals surface area contributed by atoms with Crippen molar-refractivity contribution >= 4 is 5.97 Å². The minimum Gasteiger partial charge on any atom is -0.461 e. The lowest BCUT2D eigenvalue weighted by molar-refractivity contribution is -0.148. The van der Waals surface area contributed by atoms with Crippen LogP contribution in [0.4, 0.5) is 0 Å². The van der Waals surface area contributed by atoms with E-state index in [-0.39, 0.29) is 29.8 Å². The van der Waals surface area contributed by atoms with E-state index in [0.29, 0.717) is 24.5 Å². The fourth-order valence-corrected chi connectivity index (χ4v) is 2.92. The van der Waals surface area contributed by atoms with Crippen LogP contribution in [0.2, 0.25) is 0 Å². The fraction of sp³-hybridized carbons (Fsp3) is 0.526. The molecule has 2 rings (SSSR count). The molecule has 24 heavy (non-hydrogen) atoms. The molecule has 0 aliphatic heterocycles. The third-order valence-corrected chi connectivity index (χ3v) is 4.47. The van der Waals surface area contributed by atoms with Gasteiger partial charge in [0.05, 0.1) is 19.4 Å². The Kier molecular flexibility index (Phi) is 5.87. The average molecular weight is 331 g/mol. The van der Waals surface area contributed by atoms with Crippen molar-refractivity contribution in [3.05, 3.63) is 35.3 Å². The summed E-state index contributed by atoms with van der Waals surface area (Å²) in [5.41, 5.74) is 3.84. The van der Waals surface area contributed by atoms with Gasteiger partial charge in [-0.05, 0) is 30.4 Å². The standard InChI is InChI=1S/C19H25NO4/c1-6-7-14-8-9-15(24-14)12-23-18(21)17-16(19(17,3)4)10-13(2)11-20-22-5/h1,8-10,16-17,20H,7,11-12H2,2-5H3/b13-10+. The second kappa shape index (κ2) is 7.69. The van der Waals surface area contributed by atoms with Crippen molar-refractivity contribution in [2.45, 2.75) is 33.8 Å². The lowest BCUT2D eigenvalue weighted by Crippen LogP contribution is -2.14. The molecule has 0 aromatic carbocycles. The van der Waals surface area contributed by atoms with Gasteiger partial charge in [-0.15, -0.1) is 6.42 Å². The Labute approximate surface area is 143 Å². The van der Waals surface area contributed by atoms with Crippen molar-refractivity contribution in [1.29, 1.82) is 0 Å². The van der Waals surface area contributed by atoms with E-state index in [4.69, 9.17) is 20.4 Å². The Morgan fingerprint density at radius 3 is 2.83 bits per heavy atom. The van der Waals surface area contributed by atoms with E-state index >= 15 is 0 Å². The SMILES string of the molecule is C#CCc1ccc(COC(=O)C2C(/C=C(\C)CNOC)C2(C)C)o1. The molecule has 2 atom stereocenters. The molecule has 1 saturated carbocycles. The maximum absolute atomic E-state index is 12.4. The van der Waals surface area contributed by atoms with Crippen molar-refractivity contribution < 1.29 is 18.8 Å². The molecule has 5 heteroatoms. The van der Waals surface area contributed by atoms with Crippen LogP contribution in [-0.4, -0.2) is 19.6 Å². The average Bonchev–Trinajstić information content (AvgIpc) is 2.86. The summed E-state index contributed by atoms with van der Waals surface area (Å²) in [5.74, 6) is 3.69. The second-order valence-corrected chi connectivity index (χ2v) is 6.72. The highest BCUT2D eigenvalue weighted by Crippen LogP contribution is 2.59. The third-order valence-electron chi connectivity index (χ3n) is 4.47. The number of hydrogen-bond acceptors (Lipinski definition) is 5. The monoisotopic (exact) mass is 331 g/mol. The first-order valence-corrected chi connectivity index (χ1v) is 8.01. The largest absolute Gasteiger partial charge is 0.461 e. The molecule has 0 amide bonds. The minimum absolute atomic E-state index is 0.0940. The summed E-state index contributed by atoms with van der Waals surface area (Å²) >= 11 is 0. The minimum atomic E-state index is -0.191. The molecule has 0 radical (unpaired) electrons. The number of hydrogen-bond donors (Lipinski definition) is 1. The van der Waals surface area contributed by atoms with E-state index < -0.39 is 0 Å². The summed E-state index contributed by atoms with van der Waals surface area (Å²) in [6.07, 6.45) is 7.80. The topological polar surface area (TPSA) is 60.7 Å². The van der Waals surface area contributed by atoms with Gasteiger partial charge in [-0.25, -0.2) is 0 Å². The Morgan fingerprint density at radius 2 is 2.17 bits per heavy atom. The van der Waals surface area contributed by atoms with Gasteiger partial charge in [-0.2, -0.15) is 5.48 Å². The van der Waals surface area contributed by atoms with Crippen LogP contribution >= 0.6 is 0 Å². The third kappa shape index (κ3) is 4.28.